The van der Waals surface area contributed by atoms with Crippen LogP contribution in [-0.4, -0.2) is 58.2 Å². The molecule has 25 heavy (non-hydrogen) atoms. The standard InChI is InChI=1S/C19H25N5O/c1-23(14-16-5-2-3-8-20-16)17-13-19(25-15-17)6-11-24(12-7-19)18-21-9-4-10-22-18/h2-5,8-10,17H,6-7,11-15H2,1H3. The minimum absolute atomic E-state index is 0.0221. The molecule has 0 amide bonds. The Labute approximate surface area is 148 Å². The lowest BCUT2D eigenvalue weighted by Crippen LogP contribution is -2.45. The van der Waals surface area contributed by atoms with Crippen LogP contribution >= 0.6 is 0 Å². The van der Waals surface area contributed by atoms with E-state index in [1.165, 1.54) is 0 Å². The number of aromatic nitrogens is 3. The average molecular weight is 339 g/mol. The van der Waals surface area contributed by atoms with Crippen LogP contribution < -0.4 is 4.90 Å². The summed E-state index contributed by atoms with van der Waals surface area (Å²) in [5, 5.41) is 0. The van der Waals surface area contributed by atoms with Crippen LogP contribution in [-0.2, 0) is 11.3 Å². The van der Waals surface area contributed by atoms with Gasteiger partial charge in [0.25, 0.3) is 0 Å². The second-order valence-electron chi connectivity index (χ2n) is 7.12. The molecule has 2 aromatic heterocycles. The number of hydrogen-bond donors (Lipinski definition) is 0. The van der Waals surface area contributed by atoms with Gasteiger partial charge in [-0.05, 0) is 44.5 Å². The van der Waals surface area contributed by atoms with E-state index < -0.39 is 0 Å². The summed E-state index contributed by atoms with van der Waals surface area (Å²) in [6.45, 7) is 3.60. The summed E-state index contributed by atoms with van der Waals surface area (Å²) in [4.78, 5) is 17.8. The maximum atomic E-state index is 6.31. The predicted octanol–water partition coefficient (Wildman–Crippen LogP) is 2.13. The van der Waals surface area contributed by atoms with Gasteiger partial charge in [-0.15, -0.1) is 0 Å². The van der Waals surface area contributed by atoms with E-state index in [4.69, 9.17) is 4.74 Å². The molecule has 6 nitrogen and oxygen atoms in total. The lowest BCUT2D eigenvalue weighted by atomic mass is 9.87. The third kappa shape index (κ3) is 3.65. The van der Waals surface area contributed by atoms with Crippen LogP contribution in [0.5, 0.6) is 0 Å². The minimum atomic E-state index is 0.0221. The zero-order valence-electron chi connectivity index (χ0n) is 14.7. The number of nitrogens with zero attached hydrogens (tertiary/aromatic N) is 5. The van der Waals surface area contributed by atoms with Crippen LogP contribution in [0.4, 0.5) is 5.95 Å². The Bertz CT molecular complexity index is 673. The third-order valence-electron chi connectivity index (χ3n) is 5.46. The van der Waals surface area contributed by atoms with Crippen molar-refractivity contribution >= 4 is 5.95 Å². The van der Waals surface area contributed by atoms with E-state index in [1.54, 1.807) is 12.4 Å². The van der Waals surface area contributed by atoms with Crippen molar-refractivity contribution in [2.75, 3.05) is 31.6 Å². The van der Waals surface area contributed by atoms with E-state index in [0.717, 1.165) is 57.1 Å². The fourth-order valence-electron chi connectivity index (χ4n) is 3.90. The number of rotatable bonds is 4. The molecule has 2 aliphatic rings. The molecule has 1 atom stereocenters. The van der Waals surface area contributed by atoms with Gasteiger partial charge in [0.05, 0.1) is 17.9 Å². The monoisotopic (exact) mass is 339 g/mol. The highest BCUT2D eigenvalue weighted by Crippen LogP contribution is 2.38. The molecular weight excluding hydrogens is 314 g/mol. The van der Waals surface area contributed by atoms with E-state index in [0.29, 0.717) is 6.04 Å². The van der Waals surface area contributed by atoms with Crippen molar-refractivity contribution in [3.05, 3.63) is 48.5 Å². The van der Waals surface area contributed by atoms with Crippen LogP contribution in [0.15, 0.2) is 42.9 Å². The van der Waals surface area contributed by atoms with Gasteiger partial charge >= 0.3 is 0 Å². The number of hydrogen-bond acceptors (Lipinski definition) is 6. The molecule has 2 aliphatic heterocycles. The molecule has 132 valence electrons. The van der Waals surface area contributed by atoms with E-state index in [1.807, 2.05) is 24.4 Å². The second kappa shape index (κ2) is 7.06. The lowest BCUT2D eigenvalue weighted by molar-refractivity contribution is -0.0159. The maximum Gasteiger partial charge on any atom is 0.225 e. The molecule has 2 fully saturated rings. The zero-order chi connectivity index (χ0) is 17.1. The first-order valence-electron chi connectivity index (χ1n) is 9.00. The number of anilines is 1. The van der Waals surface area contributed by atoms with Gasteiger partial charge in [-0.1, -0.05) is 6.07 Å². The molecule has 4 rings (SSSR count). The van der Waals surface area contributed by atoms with Gasteiger partial charge in [0.2, 0.25) is 5.95 Å². The Hall–Kier alpha value is -2.05. The first-order valence-corrected chi connectivity index (χ1v) is 9.00. The van der Waals surface area contributed by atoms with Crippen LogP contribution in [0, 0.1) is 0 Å². The summed E-state index contributed by atoms with van der Waals surface area (Å²) in [5.41, 5.74) is 1.14. The van der Waals surface area contributed by atoms with Crippen LogP contribution in [0.25, 0.3) is 0 Å². The van der Waals surface area contributed by atoms with Crippen molar-refractivity contribution in [2.24, 2.45) is 0 Å². The van der Waals surface area contributed by atoms with Crippen molar-refractivity contribution in [3.63, 3.8) is 0 Å². The van der Waals surface area contributed by atoms with Gasteiger partial charge in [-0.25, -0.2) is 9.97 Å². The maximum absolute atomic E-state index is 6.31. The van der Waals surface area contributed by atoms with Crippen LogP contribution in [0.3, 0.4) is 0 Å². The highest BCUT2D eigenvalue weighted by atomic mass is 16.5. The zero-order valence-corrected chi connectivity index (χ0v) is 14.7. The van der Waals surface area contributed by atoms with E-state index in [-0.39, 0.29) is 5.60 Å². The molecular formula is C19H25N5O. The fourth-order valence-corrected chi connectivity index (χ4v) is 3.90. The van der Waals surface area contributed by atoms with Crippen molar-refractivity contribution < 1.29 is 4.74 Å². The second-order valence-corrected chi connectivity index (χ2v) is 7.12. The van der Waals surface area contributed by atoms with Crippen molar-refractivity contribution in [1.82, 2.24) is 19.9 Å². The molecule has 0 aliphatic carbocycles. The number of piperidine rings is 1. The predicted molar refractivity (Wildman–Crippen MR) is 96.3 cm³/mol. The smallest absolute Gasteiger partial charge is 0.225 e. The van der Waals surface area contributed by atoms with Gasteiger partial charge in [0.1, 0.15) is 0 Å². The van der Waals surface area contributed by atoms with Gasteiger partial charge < -0.3 is 9.64 Å². The van der Waals surface area contributed by atoms with Gasteiger partial charge in [-0.3, -0.25) is 9.88 Å². The quantitative estimate of drug-likeness (QED) is 0.851. The summed E-state index contributed by atoms with van der Waals surface area (Å²) < 4.78 is 6.31. The van der Waals surface area contributed by atoms with E-state index in [9.17, 15) is 0 Å². The summed E-state index contributed by atoms with van der Waals surface area (Å²) in [6.07, 6.45) is 8.65. The molecule has 0 radical (unpaired) electrons. The van der Waals surface area contributed by atoms with E-state index in [2.05, 4.69) is 37.9 Å². The SMILES string of the molecule is CN(Cc1ccccn1)C1COC2(CCN(c3ncccn3)CC2)C1. The molecule has 2 aromatic rings. The third-order valence-corrected chi connectivity index (χ3v) is 5.46. The molecule has 1 unspecified atom stereocenters. The van der Waals surface area contributed by atoms with Crippen molar-refractivity contribution in [2.45, 2.75) is 37.5 Å². The molecule has 0 aromatic carbocycles. The topological polar surface area (TPSA) is 54.4 Å². The highest BCUT2D eigenvalue weighted by Gasteiger charge is 2.44. The van der Waals surface area contributed by atoms with Gasteiger partial charge in [-0.2, -0.15) is 0 Å². The molecule has 0 bridgehead atoms. The Balaban J connectivity index is 1.33. The highest BCUT2D eigenvalue weighted by molar-refractivity contribution is 5.29. The fraction of sp³-hybridized carbons (Fsp3) is 0.526. The van der Waals surface area contributed by atoms with Crippen molar-refractivity contribution in [3.8, 4) is 0 Å². The summed E-state index contributed by atoms with van der Waals surface area (Å²) in [5.74, 6) is 0.833. The number of likely N-dealkylation sites (N-methyl/N-ethyl adjacent to an activating group) is 1. The summed E-state index contributed by atoms with van der Waals surface area (Å²) >= 11 is 0. The first kappa shape index (κ1) is 16.4. The Morgan fingerprint density at radius 3 is 2.60 bits per heavy atom. The largest absolute Gasteiger partial charge is 0.373 e. The molecule has 0 saturated carbocycles. The molecule has 4 heterocycles. The Morgan fingerprint density at radius 1 is 1.12 bits per heavy atom. The van der Waals surface area contributed by atoms with Crippen LogP contribution in [0.1, 0.15) is 25.0 Å². The summed E-state index contributed by atoms with van der Waals surface area (Å²) in [6, 6.07) is 8.41. The molecule has 1 spiro atoms. The normalized spacial score (nSPS) is 22.6. The Kier molecular flexibility index (Phi) is 4.63. The lowest BCUT2D eigenvalue weighted by Gasteiger charge is -2.38. The molecule has 6 heteroatoms. The van der Waals surface area contributed by atoms with Gasteiger partial charge in [0.15, 0.2) is 0 Å². The van der Waals surface area contributed by atoms with Crippen molar-refractivity contribution in [1.29, 1.82) is 0 Å². The number of pyridine rings is 1. The summed E-state index contributed by atoms with van der Waals surface area (Å²) in [7, 11) is 2.18. The Morgan fingerprint density at radius 2 is 1.88 bits per heavy atom. The van der Waals surface area contributed by atoms with Crippen LogP contribution in [0.2, 0.25) is 0 Å². The molecule has 2 saturated heterocycles. The first-order chi connectivity index (χ1) is 12.2. The van der Waals surface area contributed by atoms with E-state index >= 15 is 0 Å². The van der Waals surface area contributed by atoms with Gasteiger partial charge in [0, 0.05) is 44.3 Å². The minimum Gasteiger partial charge on any atom is -0.373 e. The molecule has 0 N–H and O–H groups in total. The number of ether oxygens (including phenoxy) is 1. The average Bonchev–Trinajstić information content (AvgIpc) is 3.08.